The van der Waals surface area contributed by atoms with Gasteiger partial charge in [-0.3, -0.25) is 4.90 Å². The minimum absolute atomic E-state index is 0.154. The van der Waals surface area contributed by atoms with Crippen molar-refractivity contribution < 1.29 is 4.74 Å². The Balaban J connectivity index is 1.65. The van der Waals surface area contributed by atoms with Gasteiger partial charge in [0.2, 0.25) is 0 Å². The normalized spacial score (nSPS) is 26.0. The number of ether oxygens (including phenoxy) is 1. The molecule has 0 amide bonds. The third kappa shape index (κ3) is 4.13. The van der Waals surface area contributed by atoms with Crippen molar-refractivity contribution >= 4 is 17.2 Å². The van der Waals surface area contributed by atoms with E-state index in [1.54, 1.807) is 0 Å². The molecule has 1 unspecified atom stereocenters. The molecule has 2 rings (SSSR count). The van der Waals surface area contributed by atoms with Crippen molar-refractivity contribution in [3.8, 4) is 0 Å². The molecule has 2 aliphatic heterocycles. The molecule has 2 N–H and O–H groups in total. The summed E-state index contributed by atoms with van der Waals surface area (Å²) < 4.78 is 5.68. The summed E-state index contributed by atoms with van der Waals surface area (Å²) in [6, 6.07) is 0. The average Bonchev–Trinajstić information content (AvgIpc) is 2.92. The first-order valence-electron chi connectivity index (χ1n) is 7.89. The van der Waals surface area contributed by atoms with Gasteiger partial charge in [-0.2, -0.15) is 0 Å². The van der Waals surface area contributed by atoms with Crippen LogP contribution in [0.25, 0.3) is 0 Å². The predicted molar refractivity (Wildman–Crippen MR) is 87.1 cm³/mol. The number of hydrogen-bond acceptors (Lipinski definition) is 4. The molecule has 4 nitrogen and oxygen atoms in total. The molecule has 5 heteroatoms. The van der Waals surface area contributed by atoms with E-state index in [2.05, 4.69) is 23.6 Å². The lowest BCUT2D eigenvalue weighted by atomic mass is 10.0. The number of nitrogens with zero attached hydrogens (tertiary/aromatic N) is 2. The van der Waals surface area contributed by atoms with E-state index >= 15 is 0 Å². The Morgan fingerprint density at radius 3 is 2.55 bits per heavy atom. The maximum atomic E-state index is 5.85. The summed E-state index contributed by atoms with van der Waals surface area (Å²) in [4.78, 5) is 5.57. The number of piperazine rings is 1. The first-order valence-corrected chi connectivity index (χ1v) is 8.30. The highest BCUT2D eigenvalue weighted by Crippen LogP contribution is 2.19. The zero-order valence-electron chi connectivity index (χ0n) is 12.9. The van der Waals surface area contributed by atoms with Gasteiger partial charge in [0.15, 0.2) is 0 Å². The van der Waals surface area contributed by atoms with Gasteiger partial charge < -0.3 is 15.4 Å². The summed E-state index contributed by atoms with van der Waals surface area (Å²) in [6.45, 7) is 10.8. The first-order chi connectivity index (χ1) is 9.50. The zero-order valence-corrected chi connectivity index (χ0v) is 13.8. The van der Waals surface area contributed by atoms with Crippen LogP contribution in [-0.4, -0.2) is 65.8 Å². The van der Waals surface area contributed by atoms with Crippen LogP contribution < -0.4 is 5.73 Å². The van der Waals surface area contributed by atoms with Crippen LogP contribution in [0.1, 0.15) is 39.5 Å². The van der Waals surface area contributed by atoms with E-state index in [0.717, 1.165) is 32.8 Å². The van der Waals surface area contributed by atoms with Crippen molar-refractivity contribution in [2.24, 2.45) is 5.73 Å². The number of thiocarbonyl (C=S) groups is 1. The fourth-order valence-corrected chi connectivity index (χ4v) is 3.23. The van der Waals surface area contributed by atoms with E-state index in [1.165, 1.54) is 32.2 Å². The van der Waals surface area contributed by atoms with E-state index in [-0.39, 0.29) is 5.54 Å². The van der Waals surface area contributed by atoms with Gasteiger partial charge in [0.05, 0.1) is 16.6 Å². The lowest BCUT2D eigenvalue weighted by Crippen LogP contribution is -2.59. The Bertz CT molecular complexity index is 321. The Morgan fingerprint density at radius 2 is 2.00 bits per heavy atom. The van der Waals surface area contributed by atoms with Gasteiger partial charge in [-0.05, 0) is 46.1 Å². The molecule has 0 aromatic carbocycles. The smallest absolute Gasteiger partial charge is 0.0928 e. The van der Waals surface area contributed by atoms with Gasteiger partial charge in [-0.1, -0.05) is 12.2 Å². The van der Waals surface area contributed by atoms with Gasteiger partial charge in [-0.25, -0.2) is 0 Å². The summed E-state index contributed by atoms with van der Waals surface area (Å²) in [5.41, 5.74) is 5.69. The van der Waals surface area contributed by atoms with E-state index in [0.29, 0.717) is 11.1 Å². The van der Waals surface area contributed by atoms with Crippen LogP contribution >= 0.6 is 12.2 Å². The monoisotopic (exact) mass is 299 g/mol. The van der Waals surface area contributed by atoms with Crippen LogP contribution in [0.3, 0.4) is 0 Å². The molecule has 0 radical (unpaired) electrons. The molecule has 2 fully saturated rings. The molecule has 20 heavy (non-hydrogen) atoms. The Labute approximate surface area is 128 Å². The first kappa shape index (κ1) is 16.1. The van der Waals surface area contributed by atoms with Gasteiger partial charge in [-0.15, -0.1) is 0 Å². The number of nitrogens with two attached hydrogens (primary N) is 1. The number of rotatable bonds is 6. The van der Waals surface area contributed by atoms with Crippen molar-refractivity contribution in [1.82, 2.24) is 9.80 Å². The molecular weight excluding hydrogens is 270 g/mol. The van der Waals surface area contributed by atoms with Crippen molar-refractivity contribution in [2.75, 3.05) is 39.3 Å². The Kier molecular flexibility index (Phi) is 5.78. The van der Waals surface area contributed by atoms with Gasteiger partial charge in [0.1, 0.15) is 0 Å². The van der Waals surface area contributed by atoms with Gasteiger partial charge >= 0.3 is 0 Å². The van der Waals surface area contributed by atoms with Crippen molar-refractivity contribution in [3.63, 3.8) is 0 Å². The quantitative estimate of drug-likeness (QED) is 0.755. The lowest BCUT2D eigenvalue weighted by Gasteiger charge is -2.43. The van der Waals surface area contributed by atoms with E-state index in [4.69, 9.17) is 22.7 Å². The molecule has 2 saturated heterocycles. The minimum Gasteiger partial charge on any atom is -0.392 e. The van der Waals surface area contributed by atoms with E-state index < -0.39 is 0 Å². The molecule has 116 valence electrons. The number of hydrogen-bond donors (Lipinski definition) is 1. The second-order valence-corrected chi connectivity index (χ2v) is 6.97. The maximum Gasteiger partial charge on any atom is 0.0928 e. The Hall–Kier alpha value is -0.230. The average molecular weight is 299 g/mol. The lowest BCUT2D eigenvalue weighted by molar-refractivity contribution is 0.0748. The van der Waals surface area contributed by atoms with Crippen LogP contribution in [0.4, 0.5) is 0 Å². The fraction of sp³-hybridized carbons (Fsp3) is 0.933. The van der Waals surface area contributed by atoms with Crippen molar-refractivity contribution in [2.45, 2.75) is 51.2 Å². The summed E-state index contributed by atoms with van der Waals surface area (Å²) in [5.74, 6) is 0. The molecule has 0 aromatic heterocycles. The highest BCUT2D eigenvalue weighted by Gasteiger charge is 2.32. The van der Waals surface area contributed by atoms with Gasteiger partial charge in [0, 0.05) is 32.8 Å². The summed E-state index contributed by atoms with van der Waals surface area (Å²) in [7, 11) is 0. The Morgan fingerprint density at radius 1 is 1.30 bits per heavy atom. The molecular formula is C15H29N3OS. The SMILES string of the molecule is CC(C)(C(N)=S)N1CCN(CCCC2CCCO2)CC1. The van der Waals surface area contributed by atoms with Crippen LogP contribution in [0.5, 0.6) is 0 Å². The van der Waals surface area contributed by atoms with Crippen LogP contribution in [0.2, 0.25) is 0 Å². The topological polar surface area (TPSA) is 41.7 Å². The standard InChI is InChI=1S/C15H29N3OS/c1-15(2,14(16)20)18-10-8-17(9-11-18)7-3-5-13-6-4-12-19-13/h13H,3-12H2,1-2H3,(H2,16,20). The second-order valence-electron chi connectivity index (χ2n) is 6.53. The molecule has 0 bridgehead atoms. The van der Waals surface area contributed by atoms with Crippen LogP contribution in [0.15, 0.2) is 0 Å². The molecule has 0 aliphatic carbocycles. The molecule has 2 aliphatic rings. The van der Waals surface area contributed by atoms with Crippen LogP contribution in [-0.2, 0) is 4.74 Å². The molecule has 0 spiro atoms. The molecule has 1 atom stereocenters. The third-order valence-electron chi connectivity index (χ3n) is 4.79. The molecule has 0 saturated carbocycles. The summed E-state index contributed by atoms with van der Waals surface area (Å²) >= 11 is 5.18. The fourth-order valence-electron chi connectivity index (χ4n) is 3.10. The van der Waals surface area contributed by atoms with Crippen molar-refractivity contribution in [1.29, 1.82) is 0 Å². The zero-order chi connectivity index (χ0) is 14.6. The highest BCUT2D eigenvalue weighted by molar-refractivity contribution is 7.80. The summed E-state index contributed by atoms with van der Waals surface area (Å²) in [6.07, 6.45) is 5.51. The highest BCUT2D eigenvalue weighted by atomic mass is 32.1. The second kappa shape index (κ2) is 7.16. The maximum absolute atomic E-state index is 5.85. The van der Waals surface area contributed by atoms with E-state index in [1.807, 2.05) is 0 Å². The largest absolute Gasteiger partial charge is 0.392 e. The van der Waals surface area contributed by atoms with Crippen molar-refractivity contribution in [3.05, 3.63) is 0 Å². The summed E-state index contributed by atoms with van der Waals surface area (Å²) in [5, 5.41) is 0. The van der Waals surface area contributed by atoms with E-state index in [9.17, 15) is 0 Å². The predicted octanol–water partition coefficient (Wildman–Crippen LogP) is 1.63. The van der Waals surface area contributed by atoms with Crippen LogP contribution in [0, 0.1) is 0 Å². The minimum atomic E-state index is -0.154. The van der Waals surface area contributed by atoms with Gasteiger partial charge in [0.25, 0.3) is 0 Å². The molecule has 0 aromatic rings. The molecule has 2 heterocycles. The third-order valence-corrected chi connectivity index (χ3v) is 5.29.